The van der Waals surface area contributed by atoms with Gasteiger partial charge in [-0.3, -0.25) is 4.21 Å². The van der Waals surface area contributed by atoms with Crippen molar-refractivity contribution in [2.75, 3.05) is 25.2 Å². The Kier molecular flexibility index (Phi) is 6.45. The minimum Gasteiger partial charge on any atom is -0.378 e. The van der Waals surface area contributed by atoms with Gasteiger partial charge < -0.3 is 10.1 Å². The second-order valence-electron chi connectivity index (χ2n) is 4.36. The van der Waals surface area contributed by atoms with E-state index in [1.54, 1.807) is 6.26 Å². The molecule has 0 spiro atoms. The van der Waals surface area contributed by atoms with Crippen LogP contribution >= 0.6 is 0 Å². The molecule has 3 unspecified atom stereocenters. The van der Waals surface area contributed by atoms with Crippen LogP contribution in [0.4, 0.5) is 0 Å². The van der Waals surface area contributed by atoms with Crippen LogP contribution in [-0.4, -0.2) is 41.5 Å². The van der Waals surface area contributed by atoms with Crippen molar-refractivity contribution in [3.8, 4) is 0 Å². The maximum atomic E-state index is 10.8. The molecule has 1 aliphatic rings. The number of hydrogen-bond acceptors (Lipinski definition) is 3. The van der Waals surface area contributed by atoms with Crippen LogP contribution in [0, 0.1) is 0 Å². The fourth-order valence-corrected chi connectivity index (χ4v) is 2.48. The van der Waals surface area contributed by atoms with Crippen molar-refractivity contribution in [1.82, 2.24) is 5.32 Å². The van der Waals surface area contributed by atoms with Crippen LogP contribution in [0.5, 0.6) is 0 Å². The van der Waals surface area contributed by atoms with Crippen molar-refractivity contribution in [2.45, 2.75) is 44.8 Å². The van der Waals surface area contributed by atoms with Gasteiger partial charge in [-0.25, -0.2) is 0 Å². The van der Waals surface area contributed by atoms with Gasteiger partial charge in [0.25, 0.3) is 0 Å². The summed E-state index contributed by atoms with van der Waals surface area (Å²) in [6.45, 7) is 4.10. The lowest BCUT2D eigenvalue weighted by Crippen LogP contribution is -2.31. The Labute approximate surface area is 95.4 Å². The van der Waals surface area contributed by atoms with Gasteiger partial charge in [0.05, 0.1) is 6.10 Å². The number of nitrogens with one attached hydrogen (secondary N) is 1. The third kappa shape index (κ3) is 6.28. The molecule has 0 aromatic carbocycles. The van der Waals surface area contributed by atoms with Crippen LogP contribution < -0.4 is 5.32 Å². The van der Waals surface area contributed by atoms with Crippen molar-refractivity contribution in [3.63, 3.8) is 0 Å². The molecular formula is C11H23NO2S. The summed E-state index contributed by atoms with van der Waals surface area (Å²) in [5.41, 5.74) is 0. The molecule has 1 saturated heterocycles. The predicted molar refractivity (Wildman–Crippen MR) is 64.6 cm³/mol. The topological polar surface area (TPSA) is 38.3 Å². The molecule has 90 valence electrons. The van der Waals surface area contributed by atoms with Crippen molar-refractivity contribution >= 4 is 10.8 Å². The van der Waals surface area contributed by atoms with Crippen molar-refractivity contribution in [2.24, 2.45) is 0 Å². The molecule has 0 aromatic rings. The largest absolute Gasteiger partial charge is 0.378 e. The molecule has 1 aliphatic heterocycles. The molecule has 4 heteroatoms. The Morgan fingerprint density at radius 2 is 2.40 bits per heavy atom. The fourth-order valence-electron chi connectivity index (χ4n) is 1.93. The molecule has 0 aliphatic carbocycles. The molecule has 1 rings (SSSR count). The first kappa shape index (κ1) is 13.1. The van der Waals surface area contributed by atoms with E-state index in [9.17, 15) is 4.21 Å². The number of rotatable bonds is 7. The maximum Gasteiger partial charge on any atom is 0.0590 e. The number of ether oxygens (including phenoxy) is 1. The number of hydrogen-bond donors (Lipinski definition) is 1. The van der Waals surface area contributed by atoms with Crippen LogP contribution in [0.1, 0.15) is 32.6 Å². The highest BCUT2D eigenvalue weighted by atomic mass is 32.2. The average Bonchev–Trinajstić information content (AvgIpc) is 2.64. The zero-order valence-electron chi connectivity index (χ0n) is 9.83. The average molecular weight is 233 g/mol. The molecule has 0 aromatic heterocycles. The Balaban J connectivity index is 1.97. The minimum absolute atomic E-state index is 0.466. The lowest BCUT2D eigenvalue weighted by atomic mass is 10.1. The first-order chi connectivity index (χ1) is 7.18. The summed E-state index contributed by atoms with van der Waals surface area (Å²) in [5.74, 6) is 0.805. The van der Waals surface area contributed by atoms with E-state index in [0.717, 1.165) is 31.7 Å². The van der Waals surface area contributed by atoms with Crippen LogP contribution in [-0.2, 0) is 15.5 Å². The highest BCUT2D eigenvalue weighted by Crippen LogP contribution is 2.16. The summed E-state index contributed by atoms with van der Waals surface area (Å²) in [6.07, 6.45) is 6.76. The molecule has 0 saturated carbocycles. The Hall–Kier alpha value is 0.0700. The third-order valence-corrected chi connectivity index (χ3v) is 3.61. The van der Waals surface area contributed by atoms with Crippen LogP contribution in [0.2, 0.25) is 0 Å². The molecule has 3 atom stereocenters. The lowest BCUT2D eigenvalue weighted by Gasteiger charge is -2.17. The quantitative estimate of drug-likeness (QED) is 0.674. The maximum absolute atomic E-state index is 10.8. The van der Waals surface area contributed by atoms with Gasteiger partial charge in [0, 0.05) is 35.5 Å². The van der Waals surface area contributed by atoms with Crippen molar-refractivity contribution in [1.29, 1.82) is 0 Å². The second kappa shape index (κ2) is 7.36. The highest BCUT2D eigenvalue weighted by Gasteiger charge is 2.17. The van der Waals surface area contributed by atoms with E-state index in [2.05, 4.69) is 12.2 Å². The van der Waals surface area contributed by atoms with Gasteiger partial charge in [-0.15, -0.1) is 0 Å². The van der Waals surface area contributed by atoms with E-state index >= 15 is 0 Å². The molecule has 1 N–H and O–H groups in total. The normalized spacial score (nSPS) is 25.3. The first-order valence-electron chi connectivity index (χ1n) is 5.83. The first-order valence-corrected chi connectivity index (χ1v) is 7.56. The Morgan fingerprint density at radius 1 is 1.60 bits per heavy atom. The summed E-state index contributed by atoms with van der Waals surface area (Å²) in [6, 6.07) is 0.512. The summed E-state index contributed by atoms with van der Waals surface area (Å²) in [4.78, 5) is 0. The van der Waals surface area contributed by atoms with E-state index in [1.165, 1.54) is 12.8 Å². The fraction of sp³-hybridized carbons (Fsp3) is 1.00. The molecule has 0 bridgehead atoms. The van der Waals surface area contributed by atoms with E-state index in [-0.39, 0.29) is 0 Å². The zero-order chi connectivity index (χ0) is 11.1. The highest BCUT2D eigenvalue weighted by molar-refractivity contribution is 7.84. The summed E-state index contributed by atoms with van der Waals surface area (Å²) in [7, 11) is -0.649. The van der Waals surface area contributed by atoms with Crippen LogP contribution in [0.25, 0.3) is 0 Å². The molecular weight excluding hydrogens is 210 g/mol. The van der Waals surface area contributed by atoms with E-state index in [1.807, 2.05) is 0 Å². The van der Waals surface area contributed by atoms with Gasteiger partial charge in [-0.05, 0) is 39.2 Å². The SMILES string of the molecule is CC(CC1CCCO1)NCCCS(C)=O. The van der Waals surface area contributed by atoms with E-state index in [4.69, 9.17) is 4.74 Å². The molecule has 1 heterocycles. The zero-order valence-corrected chi connectivity index (χ0v) is 10.6. The summed E-state index contributed by atoms with van der Waals surface area (Å²) < 4.78 is 16.4. The summed E-state index contributed by atoms with van der Waals surface area (Å²) >= 11 is 0. The summed E-state index contributed by atoms with van der Waals surface area (Å²) in [5, 5.41) is 3.45. The third-order valence-electron chi connectivity index (χ3n) is 2.74. The van der Waals surface area contributed by atoms with Crippen LogP contribution in [0.3, 0.4) is 0 Å². The molecule has 0 radical (unpaired) electrons. The van der Waals surface area contributed by atoms with Gasteiger partial charge in [-0.1, -0.05) is 0 Å². The van der Waals surface area contributed by atoms with E-state index < -0.39 is 10.8 Å². The standard InChI is InChI=1S/C11H23NO2S/c1-10(9-11-5-3-7-14-11)12-6-4-8-15(2)13/h10-12H,3-9H2,1-2H3. The van der Waals surface area contributed by atoms with Crippen molar-refractivity contribution in [3.05, 3.63) is 0 Å². The molecule has 1 fully saturated rings. The minimum atomic E-state index is -0.649. The molecule has 3 nitrogen and oxygen atoms in total. The van der Waals surface area contributed by atoms with E-state index in [0.29, 0.717) is 12.1 Å². The lowest BCUT2D eigenvalue weighted by molar-refractivity contribution is 0.0964. The Bertz CT molecular complexity index is 193. The molecule has 15 heavy (non-hydrogen) atoms. The monoisotopic (exact) mass is 233 g/mol. The van der Waals surface area contributed by atoms with Gasteiger partial charge in [-0.2, -0.15) is 0 Å². The smallest absolute Gasteiger partial charge is 0.0590 e. The second-order valence-corrected chi connectivity index (χ2v) is 5.91. The predicted octanol–water partition coefficient (Wildman–Crippen LogP) is 1.30. The van der Waals surface area contributed by atoms with Crippen molar-refractivity contribution < 1.29 is 8.95 Å². The van der Waals surface area contributed by atoms with Gasteiger partial charge in [0.1, 0.15) is 0 Å². The van der Waals surface area contributed by atoms with Gasteiger partial charge in [0.2, 0.25) is 0 Å². The molecule has 0 amide bonds. The van der Waals surface area contributed by atoms with Crippen LogP contribution in [0.15, 0.2) is 0 Å². The van der Waals surface area contributed by atoms with Gasteiger partial charge >= 0.3 is 0 Å². The Morgan fingerprint density at radius 3 is 3.00 bits per heavy atom. The van der Waals surface area contributed by atoms with Gasteiger partial charge in [0.15, 0.2) is 0 Å².